The summed E-state index contributed by atoms with van der Waals surface area (Å²) in [5.41, 5.74) is -4.27. The third-order valence-corrected chi connectivity index (χ3v) is 6.44. The van der Waals surface area contributed by atoms with Crippen LogP contribution in [0.5, 0.6) is 0 Å². The quantitative estimate of drug-likeness (QED) is 0.669. The van der Waals surface area contributed by atoms with Gasteiger partial charge in [-0.2, -0.15) is 30.6 Å². The van der Waals surface area contributed by atoms with Gasteiger partial charge in [0.15, 0.2) is 0 Å². The summed E-state index contributed by atoms with van der Waals surface area (Å²) < 4.78 is 110. The van der Waals surface area contributed by atoms with Gasteiger partial charge in [-0.15, -0.1) is 0 Å². The van der Waals surface area contributed by atoms with Gasteiger partial charge in [0.25, 0.3) is 5.91 Å². The molecule has 0 aromatic heterocycles. The minimum Gasteiger partial charge on any atom is -0.379 e. The van der Waals surface area contributed by atoms with Gasteiger partial charge in [-0.1, -0.05) is 6.07 Å². The number of amides is 1. The van der Waals surface area contributed by atoms with Gasteiger partial charge in [0.1, 0.15) is 0 Å². The number of hydrogen-bond acceptors (Lipinski definition) is 4. The van der Waals surface area contributed by atoms with Crippen molar-refractivity contribution in [1.29, 1.82) is 0 Å². The van der Waals surface area contributed by atoms with Crippen LogP contribution in [0.2, 0.25) is 0 Å². The molecule has 0 unspecified atom stereocenters. The van der Waals surface area contributed by atoms with Crippen LogP contribution in [0.1, 0.15) is 21.5 Å². The van der Waals surface area contributed by atoms with Crippen molar-refractivity contribution in [2.75, 3.05) is 31.6 Å². The maximum absolute atomic E-state index is 13.0. The minimum absolute atomic E-state index is 0.0910. The molecule has 6 nitrogen and oxygen atoms in total. The van der Waals surface area contributed by atoms with E-state index in [0.717, 1.165) is 6.07 Å². The Morgan fingerprint density at radius 3 is 2.00 bits per heavy atom. The standard InChI is InChI=1S/C19H16F6N2O4S/c20-18(21,22)13-8-12(9-14(10-13)19(23,24)25)17(28)26-15-2-1-3-16(11-15)32(29,30)27-4-6-31-7-5-27/h1-3,8-11H,4-7H2,(H,26,28). The Morgan fingerprint density at radius 1 is 0.906 bits per heavy atom. The molecule has 0 saturated carbocycles. The number of halogens is 6. The van der Waals surface area contributed by atoms with Crippen LogP contribution in [0.15, 0.2) is 47.4 Å². The predicted molar refractivity (Wildman–Crippen MR) is 100 cm³/mol. The van der Waals surface area contributed by atoms with Crippen LogP contribution in [0.25, 0.3) is 0 Å². The number of anilines is 1. The number of hydrogen-bond donors (Lipinski definition) is 1. The maximum Gasteiger partial charge on any atom is 0.416 e. The van der Waals surface area contributed by atoms with Crippen molar-refractivity contribution in [2.45, 2.75) is 17.2 Å². The number of benzene rings is 2. The topological polar surface area (TPSA) is 75.7 Å². The van der Waals surface area contributed by atoms with Crippen molar-refractivity contribution in [2.24, 2.45) is 0 Å². The SMILES string of the molecule is O=C(Nc1cccc(S(=O)(=O)N2CCOCC2)c1)c1cc(C(F)(F)F)cc(C(F)(F)F)c1. The first kappa shape index (κ1) is 24.0. The molecule has 1 heterocycles. The lowest BCUT2D eigenvalue weighted by atomic mass is 10.0. The molecule has 1 amide bonds. The Morgan fingerprint density at radius 2 is 1.47 bits per heavy atom. The van der Waals surface area contributed by atoms with Crippen LogP contribution in [0, 0.1) is 0 Å². The molecule has 1 aliphatic rings. The molecular weight excluding hydrogens is 466 g/mol. The summed E-state index contributed by atoms with van der Waals surface area (Å²) in [5.74, 6) is -1.26. The molecule has 2 aromatic rings. The molecule has 32 heavy (non-hydrogen) atoms. The average Bonchev–Trinajstić information content (AvgIpc) is 2.73. The van der Waals surface area contributed by atoms with Crippen LogP contribution < -0.4 is 5.32 Å². The number of alkyl halides is 6. The zero-order valence-corrected chi connectivity index (χ0v) is 16.9. The van der Waals surface area contributed by atoms with Gasteiger partial charge >= 0.3 is 12.4 Å². The maximum atomic E-state index is 13.0. The normalized spacial score (nSPS) is 16.1. The van der Waals surface area contributed by atoms with Gasteiger partial charge in [0.05, 0.1) is 29.2 Å². The third kappa shape index (κ3) is 5.40. The summed E-state index contributed by atoms with van der Waals surface area (Å²) in [6.45, 7) is 0.631. The highest BCUT2D eigenvalue weighted by Crippen LogP contribution is 2.36. The summed E-state index contributed by atoms with van der Waals surface area (Å²) in [7, 11) is -3.93. The molecule has 3 rings (SSSR count). The second-order valence-corrected chi connectivity index (χ2v) is 8.73. The average molecular weight is 482 g/mol. The number of nitrogens with zero attached hydrogens (tertiary/aromatic N) is 1. The molecule has 0 radical (unpaired) electrons. The molecule has 174 valence electrons. The molecule has 13 heteroatoms. The third-order valence-electron chi connectivity index (χ3n) is 4.55. The monoisotopic (exact) mass is 482 g/mol. The highest BCUT2D eigenvalue weighted by atomic mass is 32.2. The Hall–Kier alpha value is -2.64. The van der Waals surface area contributed by atoms with E-state index < -0.39 is 45.0 Å². The van der Waals surface area contributed by atoms with Gasteiger partial charge in [0.2, 0.25) is 10.0 Å². The summed E-state index contributed by atoms with van der Waals surface area (Å²) in [6.07, 6.45) is -10.2. The Labute approximate surface area is 178 Å². The number of sulfonamides is 1. The molecular formula is C19H16F6N2O4S. The molecule has 1 saturated heterocycles. The fourth-order valence-electron chi connectivity index (χ4n) is 2.96. The van der Waals surface area contributed by atoms with E-state index in [1.165, 1.54) is 22.5 Å². The van der Waals surface area contributed by atoms with Crippen molar-refractivity contribution in [1.82, 2.24) is 4.31 Å². The van der Waals surface area contributed by atoms with Crippen LogP contribution >= 0.6 is 0 Å². The molecule has 2 aromatic carbocycles. The van der Waals surface area contributed by atoms with E-state index in [2.05, 4.69) is 5.32 Å². The molecule has 0 aliphatic carbocycles. The van der Waals surface area contributed by atoms with Crippen molar-refractivity contribution in [3.8, 4) is 0 Å². The van der Waals surface area contributed by atoms with Crippen LogP contribution in [-0.2, 0) is 27.1 Å². The van der Waals surface area contributed by atoms with Crippen molar-refractivity contribution in [3.05, 3.63) is 59.2 Å². The molecule has 0 atom stereocenters. The molecule has 1 fully saturated rings. The van der Waals surface area contributed by atoms with E-state index in [9.17, 15) is 39.6 Å². The summed E-state index contributed by atoms with van der Waals surface area (Å²) in [5, 5.41) is 2.15. The predicted octanol–water partition coefficient (Wildman–Crippen LogP) is 4.00. The molecule has 0 spiro atoms. The smallest absolute Gasteiger partial charge is 0.379 e. The first-order chi connectivity index (χ1) is 14.8. The Bertz CT molecular complexity index is 1080. The fourth-order valence-corrected chi connectivity index (χ4v) is 4.41. The minimum atomic E-state index is -5.11. The zero-order valence-electron chi connectivity index (χ0n) is 16.1. The molecule has 1 aliphatic heterocycles. The highest BCUT2D eigenvalue weighted by molar-refractivity contribution is 7.89. The van der Waals surface area contributed by atoms with Crippen LogP contribution in [0.3, 0.4) is 0 Å². The largest absolute Gasteiger partial charge is 0.416 e. The zero-order chi connectivity index (χ0) is 23.7. The van der Waals surface area contributed by atoms with Crippen LogP contribution in [-0.4, -0.2) is 44.9 Å². The van der Waals surface area contributed by atoms with Crippen LogP contribution in [0.4, 0.5) is 32.0 Å². The lowest BCUT2D eigenvalue weighted by Gasteiger charge is -2.26. The summed E-state index contributed by atoms with van der Waals surface area (Å²) in [6, 6.07) is 5.36. The van der Waals surface area contributed by atoms with E-state index in [-0.39, 0.29) is 43.0 Å². The van der Waals surface area contributed by atoms with Gasteiger partial charge in [-0.05, 0) is 36.4 Å². The molecule has 0 bridgehead atoms. The van der Waals surface area contributed by atoms with E-state index in [4.69, 9.17) is 4.74 Å². The first-order valence-corrected chi connectivity index (χ1v) is 10.5. The van der Waals surface area contributed by atoms with Crippen molar-refractivity contribution in [3.63, 3.8) is 0 Å². The van der Waals surface area contributed by atoms with E-state index in [1.807, 2.05) is 0 Å². The lowest BCUT2D eigenvalue weighted by Crippen LogP contribution is -2.40. The van der Waals surface area contributed by atoms with E-state index in [1.54, 1.807) is 0 Å². The number of carbonyl (C=O) groups is 1. The second kappa shape index (κ2) is 8.71. The first-order valence-electron chi connectivity index (χ1n) is 9.07. The number of nitrogens with one attached hydrogen (secondary N) is 1. The van der Waals surface area contributed by atoms with E-state index in [0.29, 0.717) is 12.1 Å². The van der Waals surface area contributed by atoms with Gasteiger partial charge in [0, 0.05) is 24.3 Å². The summed E-state index contributed by atoms with van der Waals surface area (Å²) >= 11 is 0. The highest BCUT2D eigenvalue weighted by Gasteiger charge is 2.37. The van der Waals surface area contributed by atoms with Gasteiger partial charge in [-0.25, -0.2) is 8.42 Å². The Kier molecular flexibility index (Phi) is 6.54. The van der Waals surface area contributed by atoms with Crippen molar-refractivity contribution >= 4 is 21.6 Å². The summed E-state index contributed by atoms with van der Waals surface area (Å²) in [4.78, 5) is 12.2. The Balaban J connectivity index is 1.90. The van der Waals surface area contributed by atoms with E-state index >= 15 is 0 Å². The second-order valence-electron chi connectivity index (χ2n) is 6.79. The number of rotatable bonds is 4. The fraction of sp³-hybridized carbons (Fsp3) is 0.316. The van der Waals surface area contributed by atoms with Gasteiger partial charge in [-0.3, -0.25) is 4.79 Å². The molecule has 1 N–H and O–H groups in total. The number of morpholine rings is 1. The lowest BCUT2D eigenvalue weighted by molar-refractivity contribution is -0.143. The number of carbonyl (C=O) groups excluding carboxylic acids is 1. The van der Waals surface area contributed by atoms with Gasteiger partial charge < -0.3 is 10.1 Å². The number of ether oxygens (including phenoxy) is 1. The van der Waals surface area contributed by atoms with Crippen molar-refractivity contribution < 1.29 is 44.3 Å².